The molecule has 0 aromatic heterocycles. The van der Waals surface area contributed by atoms with Crippen LogP contribution in [0, 0.1) is 0 Å². The van der Waals surface area contributed by atoms with Gasteiger partial charge in [-0.05, 0) is 18.6 Å². The monoisotopic (exact) mass is 251 g/mol. The zero-order chi connectivity index (χ0) is 12.3. The van der Waals surface area contributed by atoms with E-state index in [1.807, 2.05) is 0 Å². The quantitative estimate of drug-likeness (QED) is 0.819. The summed E-state index contributed by atoms with van der Waals surface area (Å²) in [5.74, 6) is -0.0236. The summed E-state index contributed by atoms with van der Waals surface area (Å²) in [7, 11) is -3.45. The lowest BCUT2D eigenvalue weighted by molar-refractivity contribution is -0.125. The van der Waals surface area contributed by atoms with Gasteiger partial charge in [0.15, 0.2) is 0 Å². The molecule has 5 heteroatoms. The first-order chi connectivity index (χ1) is 8.09. The number of hydrogen-bond acceptors (Lipinski definition) is 3. The average molecular weight is 251 g/mol. The second-order valence-corrected chi connectivity index (χ2v) is 5.67. The minimum atomic E-state index is -3.45. The largest absolute Gasteiger partial charge is 0.318 e. The summed E-state index contributed by atoms with van der Waals surface area (Å²) >= 11 is 0. The van der Waals surface area contributed by atoms with Gasteiger partial charge in [0.25, 0.3) is 0 Å². The number of hydrogen-bond donors (Lipinski definition) is 0. The van der Waals surface area contributed by atoms with Crippen LogP contribution in [-0.4, -0.2) is 25.8 Å². The summed E-state index contributed by atoms with van der Waals surface area (Å²) in [6.07, 6.45) is 2.64. The molecule has 0 spiro atoms. The van der Waals surface area contributed by atoms with Crippen LogP contribution in [0.2, 0.25) is 0 Å². The molecular weight excluding hydrogens is 238 g/mol. The summed E-state index contributed by atoms with van der Waals surface area (Å²) in [4.78, 5) is 13.0. The summed E-state index contributed by atoms with van der Waals surface area (Å²) < 4.78 is 23.7. The molecule has 0 bridgehead atoms. The molecule has 0 atom stereocenters. The predicted octanol–water partition coefficient (Wildman–Crippen LogP) is 1.55. The van der Waals surface area contributed by atoms with Crippen molar-refractivity contribution in [1.82, 2.24) is 4.90 Å². The van der Waals surface area contributed by atoms with Crippen molar-refractivity contribution in [1.29, 1.82) is 0 Å². The fraction of sp³-hybridized carbons (Fsp3) is 0.250. The Kier molecular flexibility index (Phi) is 3.28. The zero-order valence-corrected chi connectivity index (χ0v) is 10.1. The van der Waals surface area contributed by atoms with Crippen molar-refractivity contribution in [3.05, 3.63) is 41.9 Å². The molecule has 1 aliphatic heterocycles. The fourth-order valence-electron chi connectivity index (χ4n) is 1.67. The first kappa shape index (κ1) is 11.9. The second-order valence-electron chi connectivity index (χ2n) is 3.83. The summed E-state index contributed by atoms with van der Waals surface area (Å²) in [6, 6.07) is 8.16. The Labute approximate surface area is 100 Å². The van der Waals surface area contributed by atoms with Crippen LogP contribution in [0.15, 0.2) is 46.8 Å². The van der Waals surface area contributed by atoms with Crippen LogP contribution in [0.4, 0.5) is 0 Å². The Morgan fingerprint density at radius 3 is 2.47 bits per heavy atom. The number of rotatable bonds is 3. The van der Waals surface area contributed by atoms with E-state index in [9.17, 15) is 13.2 Å². The fourth-order valence-corrected chi connectivity index (χ4v) is 2.67. The Hall–Kier alpha value is -1.62. The molecule has 0 aliphatic carbocycles. The van der Waals surface area contributed by atoms with E-state index < -0.39 is 9.84 Å². The van der Waals surface area contributed by atoms with E-state index in [1.165, 1.54) is 23.2 Å². The van der Waals surface area contributed by atoms with Crippen LogP contribution in [0.1, 0.15) is 12.8 Å². The Morgan fingerprint density at radius 1 is 1.18 bits per heavy atom. The van der Waals surface area contributed by atoms with Crippen LogP contribution in [-0.2, 0) is 14.6 Å². The smallest absolute Gasteiger partial charge is 0.226 e. The van der Waals surface area contributed by atoms with Gasteiger partial charge in [-0.3, -0.25) is 4.79 Å². The molecule has 17 heavy (non-hydrogen) atoms. The molecule has 1 aromatic rings. The van der Waals surface area contributed by atoms with Crippen LogP contribution >= 0.6 is 0 Å². The van der Waals surface area contributed by atoms with Crippen molar-refractivity contribution in [2.75, 3.05) is 6.54 Å². The lowest BCUT2D eigenvalue weighted by Crippen LogP contribution is -2.17. The van der Waals surface area contributed by atoms with Gasteiger partial charge in [0.1, 0.15) is 0 Å². The summed E-state index contributed by atoms with van der Waals surface area (Å²) in [5.41, 5.74) is 0. The minimum absolute atomic E-state index is 0.0236. The Morgan fingerprint density at radius 2 is 1.88 bits per heavy atom. The number of likely N-dealkylation sites (tertiary alicyclic amines) is 1. The average Bonchev–Trinajstić information content (AvgIpc) is 2.74. The summed E-state index contributed by atoms with van der Waals surface area (Å²) in [5, 5.41) is 1.09. The van der Waals surface area contributed by atoms with Gasteiger partial charge < -0.3 is 4.90 Å². The molecular formula is C12H13NO3S. The number of carbonyl (C=O) groups excluding carboxylic acids is 1. The van der Waals surface area contributed by atoms with Gasteiger partial charge in [-0.2, -0.15) is 0 Å². The number of carbonyl (C=O) groups is 1. The predicted molar refractivity (Wildman–Crippen MR) is 63.7 cm³/mol. The molecule has 2 rings (SSSR count). The van der Waals surface area contributed by atoms with Gasteiger partial charge in [-0.25, -0.2) is 8.42 Å². The molecule has 1 fully saturated rings. The molecule has 0 saturated carbocycles. The third kappa shape index (κ3) is 2.74. The highest BCUT2D eigenvalue weighted by molar-refractivity contribution is 7.94. The van der Waals surface area contributed by atoms with Gasteiger partial charge in [0.2, 0.25) is 15.7 Å². The highest BCUT2D eigenvalue weighted by atomic mass is 32.2. The number of nitrogens with zero attached hydrogens (tertiary/aromatic N) is 1. The Bertz CT molecular complexity index is 534. The molecule has 1 heterocycles. The van der Waals surface area contributed by atoms with E-state index in [0.29, 0.717) is 13.0 Å². The standard InChI is InChI=1S/C12H13NO3S/c14-12-7-4-8-13(12)9-10-17(15,16)11-5-2-1-3-6-11/h1-3,5-6,9-10H,4,7-8H2/b10-9+. The molecule has 1 amide bonds. The highest BCUT2D eigenvalue weighted by Crippen LogP contribution is 2.14. The second kappa shape index (κ2) is 4.71. The maximum Gasteiger partial charge on any atom is 0.226 e. The molecule has 1 aromatic carbocycles. The zero-order valence-electron chi connectivity index (χ0n) is 9.24. The third-order valence-corrected chi connectivity index (χ3v) is 4.01. The SMILES string of the molecule is O=C1CCCN1/C=C/S(=O)(=O)c1ccccc1. The normalized spacial score (nSPS) is 16.9. The van der Waals surface area contributed by atoms with Gasteiger partial charge in [0, 0.05) is 19.2 Å². The number of amides is 1. The summed E-state index contributed by atoms with van der Waals surface area (Å²) in [6.45, 7) is 0.597. The van der Waals surface area contributed by atoms with Gasteiger partial charge in [0.05, 0.1) is 10.3 Å². The van der Waals surface area contributed by atoms with E-state index >= 15 is 0 Å². The van der Waals surface area contributed by atoms with Crippen molar-refractivity contribution in [3.63, 3.8) is 0 Å². The van der Waals surface area contributed by atoms with E-state index in [4.69, 9.17) is 0 Å². The molecule has 1 saturated heterocycles. The molecule has 0 unspecified atom stereocenters. The van der Waals surface area contributed by atoms with Gasteiger partial charge in [-0.1, -0.05) is 18.2 Å². The lowest BCUT2D eigenvalue weighted by Gasteiger charge is -2.08. The molecule has 1 aliphatic rings. The first-order valence-corrected chi connectivity index (χ1v) is 6.92. The maximum atomic E-state index is 11.9. The van der Waals surface area contributed by atoms with E-state index in [1.54, 1.807) is 18.2 Å². The van der Waals surface area contributed by atoms with Crippen LogP contribution < -0.4 is 0 Å². The van der Waals surface area contributed by atoms with E-state index in [-0.39, 0.29) is 10.8 Å². The van der Waals surface area contributed by atoms with Crippen molar-refractivity contribution in [2.24, 2.45) is 0 Å². The van der Waals surface area contributed by atoms with Crippen LogP contribution in [0.3, 0.4) is 0 Å². The lowest BCUT2D eigenvalue weighted by atomic mass is 10.4. The highest BCUT2D eigenvalue weighted by Gasteiger charge is 2.18. The third-order valence-electron chi connectivity index (χ3n) is 2.60. The van der Waals surface area contributed by atoms with Crippen molar-refractivity contribution < 1.29 is 13.2 Å². The topological polar surface area (TPSA) is 54.5 Å². The first-order valence-electron chi connectivity index (χ1n) is 5.37. The molecule has 0 N–H and O–H groups in total. The molecule has 90 valence electrons. The minimum Gasteiger partial charge on any atom is -0.318 e. The maximum absolute atomic E-state index is 11.9. The van der Waals surface area contributed by atoms with Crippen molar-refractivity contribution >= 4 is 15.7 Å². The molecule has 4 nitrogen and oxygen atoms in total. The number of sulfone groups is 1. The molecule has 0 radical (unpaired) electrons. The van der Waals surface area contributed by atoms with E-state index in [0.717, 1.165) is 11.8 Å². The van der Waals surface area contributed by atoms with Crippen LogP contribution in [0.5, 0.6) is 0 Å². The van der Waals surface area contributed by atoms with Gasteiger partial charge >= 0.3 is 0 Å². The Balaban J connectivity index is 2.18. The van der Waals surface area contributed by atoms with Crippen molar-refractivity contribution in [2.45, 2.75) is 17.7 Å². The van der Waals surface area contributed by atoms with E-state index in [2.05, 4.69) is 0 Å². The van der Waals surface area contributed by atoms with Crippen molar-refractivity contribution in [3.8, 4) is 0 Å². The van der Waals surface area contributed by atoms with Crippen LogP contribution in [0.25, 0.3) is 0 Å². The number of benzene rings is 1. The van der Waals surface area contributed by atoms with Gasteiger partial charge in [-0.15, -0.1) is 0 Å².